The predicted octanol–water partition coefficient (Wildman–Crippen LogP) is 5.41. The lowest BCUT2D eigenvalue weighted by Crippen LogP contribution is -1.93. The Morgan fingerprint density at radius 2 is 1.45 bits per heavy atom. The number of para-hydroxylation sites is 1. The molecule has 1 heteroatoms. The van der Waals surface area contributed by atoms with Crippen LogP contribution in [-0.2, 0) is 13.0 Å². The molecule has 0 aliphatic rings. The first-order chi connectivity index (χ1) is 10.9. The van der Waals surface area contributed by atoms with Crippen molar-refractivity contribution in [2.45, 2.75) is 19.9 Å². The molecular weight excluding hydrogens is 266 g/mol. The minimum absolute atomic E-state index is 0.982. The third-order valence-electron chi connectivity index (χ3n) is 4.44. The second-order valence-electron chi connectivity index (χ2n) is 5.74. The molecule has 4 rings (SSSR count). The third kappa shape index (κ3) is 2.01. The molecule has 0 spiro atoms. The summed E-state index contributed by atoms with van der Waals surface area (Å²) in [4.78, 5) is 0. The van der Waals surface area contributed by atoms with Crippen LogP contribution < -0.4 is 0 Å². The van der Waals surface area contributed by atoms with E-state index in [2.05, 4.69) is 84.3 Å². The van der Waals surface area contributed by atoms with Gasteiger partial charge >= 0.3 is 0 Å². The average molecular weight is 285 g/mol. The summed E-state index contributed by atoms with van der Waals surface area (Å²) in [5, 5.41) is 2.77. The molecule has 3 aromatic carbocycles. The number of nitrogens with zero attached hydrogens (tertiary/aromatic N) is 1. The summed E-state index contributed by atoms with van der Waals surface area (Å²) in [6.07, 6.45) is 0.982. The molecule has 0 aliphatic heterocycles. The van der Waals surface area contributed by atoms with Gasteiger partial charge in [-0.05, 0) is 36.6 Å². The van der Waals surface area contributed by atoms with Crippen molar-refractivity contribution >= 4 is 21.8 Å². The Morgan fingerprint density at radius 1 is 0.727 bits per heavy atom. The van der Waals surface area contributed by atoms with Gasteiger partial charge in [0.2, 0.25) is 0 Å². The van der Waals surface area contributed by atoms with E-state index in [-0.39, 0.29) is 0 Å². The Kier molecular flexibility index (Phi) is 3.19. The Labute approximate surface area is 130 Å². The van der Waals surface area contributed by atoms with E-state index in [0.717, 1.165) is 13.0 Å². The molecule has 1 heterocycles. The zero-order chi connectivity index (χ0) is 14.9. The first kappa shape index (κ1) is 13.1. The van der Waals surface area contributed by atoms with E-state index < -0.39 is 0 Å². The third-order valence-corrected chi connectivity index (χ3v) is 4.44. The van der Waals surface area contributed by atoms with Crippen molar-refractivity contribution in [2.75, 3.05) is 0 Å². The van der Waals surface area contributed by atoms with Gasteiger partial charge in [-0.2, -0.15) is 0 Å². The molecule has 22 heavy (non-hydrogen) atoms. The summed E-state index contributed by atoms with van der Waals surface area (Å²) < 4.78 is 2.42. The highest BCUT2D eigenvalue weighted by Gasteiger charge is 2.12. The number of hydrogen-bond acceptors (Lipinski definition) is 0. The second-order valence-corrected chi connectivity index (χ2v) is 5.74. The molecule has 0 saturated heterocycles. The van der Waals surface area contributed by atoms with Gasteiger partial charge in [0.05, 0.1) is 0 Å². The number of rotatable bonds is 3. The van der Waals surface area contributed by atoms with Crippen LogP contribution in [0.5, 0.6) is 0 Å². The monoisotopic (exact) mass is 285 g/mol. The highest BCUT2D eigenvalue weighted by molar-refractivity contribution is 6.09. The van der Waals surface area contributed by atoms with Crippen LogP contribution in [0.1, 0.15) is 18.1 Å². The first-order valence-electron chi connectivity index (χ1n) is 7.91. The minimum Gasteiger partial charge on any atom is -0.341 e. The Bertz CT molecular complexity index is 932. The molecule has 0 aliphatic carbocycles. The lowest BCUT2D eigenvalue weighted by Gasteiger charge is -2.06. The van der Waals surface area contributed by atoms with Crippen molar-refractivity contribution in [1.82, 2.24) is 4.57 Å². The van der Waals surface area contributed by atoms with Crippen LogP contribution in [0, 0.1) is 0 Å². The van der Waals surface area contributed by atoms with Crippen LogP contribution >= 0.6 is 0 Å². The van der Waals surface area contributed by atoms with Crippen LogP contribution in [0.15, 0.2) is 72.8 Å². The summed E-state index contributed by atoms with van der Waals surface area (Å²) in [5.41, 5.74) is 5.45. The maximum Gasteiger partial charge on any atom is 0.0494 e. The molecule has 0 unspecified atom stereocenters. The van der Waals surface area contributed by atoms with Gasteiger partial charge in [0.15, 0.2) is 0 Å². The molecule has 0 fully saturated rings. The van der Waals surface area contributed by atoms with Crippen LogP contribution in [0.4, 0.5) is 0 Å². The molecule has 0 atom stereocenters. The fourth-order valence-electron chi connectivity index (χ4n) is 3.48. The number of aromatic nitrogens is 1. The lowest BCUT2D eigenvalue weighted by atomic mass is 9.99. The van der Waals surface area contributed by atoms with E-state index >= 15 is 0 Å². The van der Waals surface area contributed by atoms with Gasteiger partial charge in [0.25, 0.3) is 0 Å². The van der Waals surface area contributed by atoms with Gasteiger partial charge in [0.1, 0.15) is 0 Å². The standard InChI is InChI=1S/C21H19N/c1-2-22-19-13-7-6-12-18(19)21-17(11-8-14-20(21)22)15-16-9-4-3-5-10-16/h3-14H,2,15H2,1H3. The lowest BCUT2D eigenvalue weighted by molar-refractivity contribution is 0.827. The Balaban J connectivity index is 2.00. The summed E-state index contributed by atoms with van der Waals surface area (Å²) in [5.74, 6) is 0. The van der Waals surface area contributed by atoms with E-state index in [9.17, 15) is 0 Å². The molecule has 0 saturated carbocycles. The molecule has 1 nitrogen and oxygen atoms in total. The van der Waals surface area contributed by atoms with Crippen LogP contribution in [0.3, 0.4) is 0 Å². The summed E-state index contributed by atoms with van der Waals surface area (Å²) >= 11 is 0. The summed E-state index contributed by atoms with van der Waals surface area (Å²) in [6.45, 7) is 3.22. The molecule has 4 aromatic rings. The molecular formula is C21H19N. The van der Waals surface area contributed by atoms with Crippen molar-refractivity contribution in [3.8, 4) is 0 Å². The van der Waals surface area contributed by atoms with Crippen molar-refractivity contribution in [1.29, 1.82) is 0 Å². The maximum absolute atomic E-state index is 2.42. The van der Waals surface area contributed by atoms with Crippen LogP contribution in [0.25, 0.3) is 21.8 Å². The number of benzene rings is 3. The smallest absolute Gasteiger partial charge is 0.0494 e. The molecule has 0 amide bonds. The number of hydrogen-bond donors (Lipinski definition) is 0. The number of aryl methyl sites for hydroxylation is 1. The molecule has 108 valence electrons. The van der Waals surface area contributed by atoms with Crippen LogP contribution in [-0.4, -0.2) is 4.57 Å². The minimum atomic E-state index is 0.982. The second kappa shape index (κ2) is 5.34. The van der Waals surface area contributed by atoms with E-state index in [0.29, 0.717) is 0 Å². The van der Waals surface area contributed by atoms with Crippen molar-refractivity contribution < 1.29 is 0 Å². The Hall–Kier alpha value is -2.54. The highest BCUT2D eigenvalue weighted by Crippen LogP contribution is 2.32. The van der Waals surface area contributed by atoms with Gasteiger partial charge in [0, 0.05) is 28.4 Å². The first-order valence-corrected chi connectivity index (χ1v) is 7.91. The van der Waals surface area contributed by atoms with Gasteiger partial charge in [-0.3, -0.25) is 0 Å². The SMILES string of the molecule is CCn1c2ccccc2c2c(Cc3ccccc3)cccc21. The molecule has 1 aromatic heterocycles. The van der Waals surface area contributed by atoms with Gasteiger partial charge in [-0.15, -0.1) is 0 Å². The van der Waals surface area contributed by atoms with Gasteiger partial charge in [-0.1, -0.05) is 60.7 Å². The number of fused-ring (bicyclic) bond motifs is 3. The fourth-order valence-corrected chi connectivity index (χ4v) is 3.48. The largest absolute Gasteiger partial charge is 0.341 e. The van der Waals surface area contributed by atoms with Crippen molar-refractivity contribution in [3.63, 3.8) is 0 Å². The zero-order valence-corrected chi connectivity index (χ0v) is 12.8. The van der Waals surface area contributed by atoms with E-state index in [1.54, 1.807) is 0 Å². The van der Waals surface area contributed by atoms with E-state index in [1.165, 1.54) is 32.9 Å². The molecule has 0 bridgehead atoms. The highest BCUT2D eigenvalue weighted by atomic mass is 15.0. The molecule has 0 radical (unpaired) electrons. The fraction of sp³-hybridized carbons (Fsp3) is 0.143. The quantitative estimate of drug-likeness (QED) is 0.474. The summed E-state index contributed by atoms with van der Waals surface area (Å²) in [6, 6.07) is 26.2. The normalized spacial score (nSPS) is 11.3. The zero-order valence-electron chi connectivity index (χ0n) is 12.8. The van der Waals surface area contributed by atoms with Gasteiger partial charge < -0.3 is 4.57 Å². The Morgan fingerprint density at radius 3 is 2.27 bits per heavy atom. The molecule has 0 N–H and O–H groups in total. The van der Waals surface area contributed by atoms with Crippen molar-refractivity contribution in [2.24, 2.45) is 0 Å². The summed E-state index contributed by atoms with van der Waals surface area (Å²) in [7, 11) is 0. The van der Waals surface area contributed by atoms with Gasteiger partial charge in [-0.25, -0.2) is 0 Å². The topological polar surface area (TPSA) is 4.93 Å². The predicted molar refractivity (Wildman–Crippen MR) is 94.4 cm³/mol. The van der Waals surface area contributed by atoms with E-state index in [1.807, 2.05) is 0 Å². The average Bonchev–Trinajstić information content (AvgIpc) is 2.90. The van der Waals surface area contributed by atoms with Crippen LogP contribution in [0.2, 0.25) is 0 Å². The maximum atomic E-state index is 2.42. The van der Waals surface area contributed by atoms with Crippen molar-refractivity contribution in [3.05, 3.63) is 83.9 Å². The van der Waals surface area contributed by atoms with E-state index in [4.69, 9.17) is 0 Å².